The van der Waals surface area contributed by atoms with Crippen LogP contribution in [0.15, 0.2) is 168 Å². The molecule has 0 bridgehead atoms. The van der Waals surface area contributed by atoms with Gasteiger partial charge in [-0.3, -0.25) is 0 Å². The van der Waals surface area contributed by atoms with Crippen LogP contribution >= 0.6 is 0 Å². The van der Waals surface area contributed by atoms with Gasteiger partial charge in [-0.15, -0.1) is 0 Å². The maximum atomic E-state index is 6.75. The first-order valence-electron chi connectivity index (χ1n) is 16.5. The lowest BCUT2D eigenvalue weighted by atomic mass is 9.92. The van der Waals surface area contributed by atoms with Crippen molar-refractivity contribution in [1.82, 2.24) is 15.0 Å². The first-order valence-corrected chi connectivity index (χ1v) is 16.5. The molecule has 4 heteroatoms. The van der Waals surface area contributed by atoms with Crippen LogP contribution in [-0.2, 0) is 0 Å². The SMILES string of the molecule is c1ccc(-c2nc(-c3ccccc3)nc(-c3cccc4oc5c(-c6cccc7c6ccc6c8ccccc8ccc76)cccc5c34)n2)cc1. The molecule has 228 valence electrons. The smallest absolute Gasteiger partial charge is 0.164 e. The number of rotatable bonds is 4. The second-order valence-corrected chi connectivity index (χ2v) is 12.3. The van der Waals surface area contributed by atoms with E-state index in [0.717, 1.165) is 49.8 Å². The number of benzene rings is 8. The highest BCUT2D eigenvalue weighted by Crippen LogP contribution is 2.43. The van der Waals surface area contributed by atoms with Gasteiger partial charge in [-0.2, -0.15) is 0 Å². The molecule has 0 spiro atoms. The Balaban J connectivity index is 1.20. The number of nitrogens with zero attached hydrogens (tertiary/aromatic N) is 3. The minimum atomic E-state index is 0.607. The molecule has 2 heterocycles. The quantitative estimate of drug-likeness (QED) is 0.183. The molecule has 10 rings (SSSR count). The van der Waals surface area contributed by atoms with Gasteiger partial charge in [-0.1, -0.05) is 158 Å². The maximum Gasteiger partial charge on any atom is 0.164 e. The van der Waals surface area contributed by atoms with E-state index >= 15 is 0 Å². The molecule has 0 aliphatic rings. The molecule has 0 amide bonds. The van der Waals surface area contributed by atoms with Gasteiger partial charge in [0.1, 0.15) is 11.2 Å². The average Bonchev–Trinajstić information content (AvgIpc) is 3.57. The van der Waals surface area contributed by atoms with Crippen LogP contribution in [-0.4, -0.2) is 15.0 Å². The topological polar surface area (TPSA) is 51.8 Å². The summed E-state index contributed by atoms with van der Waals surface area (Å²) in [5, 5.41) is 9.45. The van der Waals surface area contributed by atoms with E-state index in [1.165, 1.54) is 32.3 Å². The van der Waals surface area contributed by atoms with Crippen molar-refractivity contribution < 1.29 is 4.42 Å². The summed E-state index contributed by atoms with van der Waals surface area (Å²) in [6, 6.07) is 56.8. The van der Waals surface area contributed by atoms with Crippen molar-refractivity contribution in [1.29, 1.82) is 0 Å². The van der Waals surface area contributed by atoms with E-state index < -0.39 is 0 Å². The molecule has 0 atom stereocenters. The lowest BCUT2D eigenvalue weighted by Gasteiger charge is -2.12. The molecule has 0 aliphatic carbocycles. The highest BCUT2D eigenvalue weighted by molar-refractivity contribution is 6.21. The van der Waals surface area contributed by atoms with Crippen LogP contribution in [0.5, 0.6) is 0 Å². The molecule has 10 aromatic rings. The minimum Gasteiger partial charge on any atom is -0.455 e. The van der Waals surface area contributed by atoms with E-state index in [9.17, 15) is 0 Å². The van der Waals surface area contributed by atoms with Gasteiger partial charge in [0, 0.05) is 33.0 Å². The van der Waals surface area contributed by atoms with E-state index in [1.54, 1.807) is 0 Å². The fraction of sp³-hybridized carbons (Fsp3) is 0. The summed E-state index contributed by atoms with van der Waals surface area (Å²) < 4.78 is 6.75. The van der Waals surface area contributed by atoms with E-state index in [0.29, 0.717) is 17.5 Å². The number of fused-ring (bicyclic) bond motifs is 8. The van der Waals surface area contributed by atoms with Crippen molar-refractivity contribution in [2.45, 2.75) is 0 Å². The predicted octanol–water partition coefficient (Wildman–Crippen LogP) is 11.9. The van der Waals surface area contributed by atoms with Crippen molar-refractivity contribution in [3.63, 3.8) is 0 Å². The fourth-order valence-electron chi connectivity index (χ4n) is 7.27. The molecule has 0 radical (unpaired) electrons. The van der Waals surface area contributed by atoms with Gasteiger partial charge in [-0.25, -0.2) is 15.0 Å². The molecule has 0 aliphatic heterocycles. The van der Waals surface area contributed by atoms with Crippen LogP contribution in [0.25, 0.3) is 99.5 Å². The van der Waals surface area contributed by atoms with E-state index in [4.69, 9.17) is 19.4 Å². The molecule has 0 saturated heterocycles. The minimum absolute atomic E-state index is 0.607. The molecular weight excluding hydrogens is 599 g/mol. The summed E-state index contributed by atoms with van der Waals surface area (Å²) >= 11 is 0. The Hall–Kier alpha value is -6.65. The molecule has 0 fully saturated rings. The largest absolute Gasteiger partial charge is 0.455 e. The zero-order valence-electron chi connectivity index (χ0n) is 26.3. The van der Waals surface area contributed by atoms with Crippen LogP contribution in [0, 0.1) is 0 Å². The summed E-state index contributed by atoms with van der Waals surface area (Å²) in [6.07, 6.45) is 0. The first kappa shape index (κ1) is 27.5. The highest BCUT2D eigenvalue weighted by atomic mass is 16.3. The van der Waals surface area contributed by atoms with Crippen molar-refractivity contribution >= 4 is 54.3 Å². The second-order valence-electron chi connectivity index (χ2n) is 12.3. The van der Waals surface area contributed by atoms with E-state index in [2.05, 4.69) is 91.0 Å². The highest BCUT2D eigenvalue weighted by Gasteiger charge is 2.20. The van der Waals surface area contributed by atoms with Gasteiger partial charge in [0.25, 0.3) is 0 Å². The molecular formula is C45H27N3O. The van der Waals surface area contributed by atoms with Crippen molar-refractivity contribution in [2.75, 3.05) is 0 Å². The van der Waals surface area contributed by atoms with Crippen molar-refractivity contribution in [2.24, 2.45) is 0 Å². The van der Waals surface area contributed by atoms with Gasteiger partial charge in [0.05, 0.1) is 0 Å². The third-order valence-electron chi connectivity index (χ3n) is 9.54. The maximum absolute atomic E-state index is 6.75. The molecule has 2 aromatic heterocycles. The Kier molecular flexibility index (Phi) is 6.15. The number of hydrogen-bond acceptors (Lipinski definition) is 4. The molecule has 0 saturated carbocycles. The molecule has 49 heavy (non-hydrogen) atoms. The Morgan fingerprint density at radius 1 is 0.327 bits per heavy atom. The fourth-order valence-corrected chi connectivity index (χ4v) is 7.27. The second kappa shape index (κ2) is 11.0. The van der Waals surface area contributed by atoms with E-state index in [-0.39, 0.29) is 0 Å². The number of furan rings is 1. The molecule has 4 nitrogen and oxygen atoms in total. The number of hydrogen-bond donors (Lipinski definition) is 0. The summed E-state index contributed by atoms with van der Waals surface area (Å²) in [5.41, 5.74) is 6.60. The van der Waals surface area contributed by atoms with E-state index in [1.807, 2.05) is 72.8 Å². The Bertz CT molecular complexity index is 2820. The van der Waals surface area contributed by atoms with Gasteiger partial charge in [-0.05, 0) is 43.9 Å². The summed E-state index contributed by atoms with van der Waals surface area (Å²) in [4.78, 5) is 15.0. The standard InChI is InChI=1S/C45H27N3O/c1-3-13-29(14-4-1)43-46-44(30-15-5-2-6-16-30)48-45(47-43)39-22-11-23-40-41(39)38-21-10-20-37(42(38)49-40)33-19-9-18-32-35-25-24-28-12-7-8-17-31(28)34(35)26-27-36(32)33/h1-27H. The summed E-state index contributed by atoms with van der Waals surface area (Å²) in [7, 11) is 0. The Morgan fingerprint density at radius 3 is 1.63 bits per heavy atom. The first-order chi connectivity index (χ1) is 24.3. The molecule has 8 aromatic carbocycles. The number of aromatic nitrogens is 3. The lowest BCUT2D eigenvalue weighted by Crippen LogP contribution is -2.00. The van der Waals surface area contributed by atoms with Gasteiger partial charge in [0.15, 0.2) is 17.5 Å². The van der Waals surface area contributed by atoms with Gasteiger partial charge in [0.2, 0.25) is 0 Å². The summed E-state index contributed by atoms with van der Waals surface area (Å²) in [5.74, 6) is 1.87. The monoisotopic (exact) mass is 625 g/mol. The van der Waals surface area contributed by atoms with Crippen LogP contribution in [0.4, 0.5) is 0 Å². The third kappa shape index (κ3) is 4.42. The van der Waals surface area contributed by atoms with Gasteiger partial charge < -0.3 is 4.42 Å². The van der Waals surface area contributed by atoms with Crippen molar-refractivity contribution in [3.8, 4) is 45.3 Å². The zero-order chi connectivity index (χ0) is 32.3. The molecule has 0 unspecified atom stereocenters. The van der Waals surface area contributed by atoms with Gasteiger partial charge >= 0.3 is 0 Å². The van der Waals surface area contributed by atoms with Crippen LogP contribution in [0.1, 0.15) is 0 Å². The predicted molar refractivity (Wildman–Crippen MR) is 201 cm³/mol. The Morgan fingerprint density at radius 2 is 0.857 bits per heavy atom. The zero-order valence-corrected chi connectivity index (χ0v) is 26.3. The van der Waals surface area contributed by atoms with Crippen LogP contribution in [0.2, 0.25) is 0 Å². The Labute approximate surface area is 282 Å². The average molecular weight is 626 g/mol. The summed E-state index contributed by atoms with van der Waals surface area (Å²) in [6.45, 7) is 0. The normalized spacial score (nSPS) is 11.7. The third-order valence-corrected chi connectivity index (χ3v) is 9.54. The van der Waals surface area contributed by atoms with Crippen LogP contribution in [0.3, 0.4) is 0 Å². The number of para-hydroxylation sites is 1. The van der Waals surface area contributed by atoms with Crippen LogP contribution < -0.4 is 0 Å². The van der Waals surface area contributed by atoms with Crippen molar-refractivity contribution in [3.05, 3.63) is 164 Å². The molecule has 0 N–H and O–H groups in total. The lowest BCUT2D eigenvalue weighted by molar-refractivity contribution is 0.670.